The van der Waals surface area contributed by atoms with Crippen molar-refractivity contribution in [1.82, 2.24) is 9.55 Å². The smallest absolute Gasteiger partial charge is 0.202 e. The average molecular weight is 193 g/mol. The zero-order valence-corrected chi connectivity index (χ0v) is 9.03. The number of aromatic nitrogens is 2. The number of rotatable bonds is 3. The van der Waals surface area contributed by atoms with Gasteiger partial charge in [-0.3, -0.25) is 0 Å². The van der Waals surface area contributed by atoms with E-state index in [0.717, 1.165) is 24.3 Å². The minimum Gasteiger partial charge on any atom is -0.355 e. The first-order valence-electron chi connectivity index (χ1n) is 5.47. The summed E-state index contributed by atoms with van der Waals surface area (Å²) in [7, 11) is 2.02. The number of hydrogen-bond acceptors (Lipinski definition) is 2. The fourth-order valence-corrected chi connectivity index (χ4v) is 2.28. The first-order valence-corrected chi connectivity index (χ1v) is 5.47. The van der Waals surface area contributed by atoms with Crippen LogP contribution in [0.4, 0.5) is 5.95 Å². The predicted octanol–water partition coefficient (Wildman–Crippen LogP) is 2.27. The lowest BCUT2D eigenvalue weighted by atomic mass is 10.1. The van der Waals surface area contributed by atoms with Crippen molar-refractivity contribution in [3.05, 3.63) is 12.4 Å². The summed E-state index contributed by atoms with van der Waals surface area (Å²) in [5.41, 5.74) is 0. The van der Waals surface area contributed by atoms with Crippen LogP contribution in [0.2, 0.25) is 0 Å². The van der Waals surface area contributed by atoms with Crippen LogP contribution < -0.4 is 5.32 Å². The molecule has 1 aliphatic carbocycles. The second-order valence-electron chi connectivity index (χ2n) is 4.53. The quantitative estimate of drug-likeness (QED) is 0.798. The van der Waals surface area contributed by atoms with Crippen LogP contribution in [0.15, 0.2) is 12.4 Å². The van der Waals surface area contributed by atoms with Gasteiger partial charge in [-0.1, -0.05) is 13.3 Å². The Morgan fingerprint density at radius 3 is 3.00 bits per heavy atom. The van der Waals surface area contributed by atoms with Gasteiger partial charge < -0.3 is 9.88 Å². The Labute approximate surface area is 85.5 Å². The third-order valence-corrected chi connectivity index (χ3v) is 3.17. The van der Waals surface area contributed by atoms with Gasteiger partial charge in [0.15, 0.2) is 0 Å². The Bertz CT molecular complexity index is 292. The highest BCUT2D eigenvalue weighted by Crippen LogP contribution is 2.30. The van der Waals surface area contributed by atoms with E-state index in [1.54, 1.807) is 0 Å². The summed E-state index contributed by atoms with van der Waals surface area (Å²) in [5, 5.41) is 3.41. The zero-order valence-electron chi connectivity index (χ0n) is 9.03. The molecule has 2 unspecified atom stereocenters. The lowest BCUT2D eigenvalue weighted by Crippen LogP contribution is -2.14. The van der Waals surface area contributed by atoms with Crippen molar-refractivity contribution in [2.45, 2.75) is 26.2 Å². The van der Waals surface area contributed by atoms with Crippen LogP contribution in [-0.2, 0) is 7.05 Å². The Morgan fingerprint density at radius 2 is 2.43 bits per heavy atom. The van der Waals surface area contributed by atoms with Crippen LogP contribution in [0.3, 0.4) is 0 Å². The summed E-state index contributed by atoms with van der Waals surface area (Å²) >= 11 is 0. The maximum absolute atomic E-state index is 4.25. The molecule has 0 aromatic carbocycles. The Kier molecular flexibility index (Phi) is 2.75. The number of imidazole rings is 1. The molecule has 1 N–H and O–H groups in total. The fraction of sp³-hybridized carbons (Fsp3) is 0.727. The molecule has 3 heteroatoms. The van der Waals surface area contributed by atoms with E-state index >= 15 is 0 Å². The highest BCUT2D eigenvalue weighted by Gasteiger charge is 2.20. The third kappa shape index (κ3) is 2.08. The van der Waals surface area contributed by atoms with E-state index in [1.807, 2.05) is 24.0 Å². The molecule has 0 radical (unpaired) electrons. The minimum atomic E-state index is 0.849. The van der Waals surface area contributed by atoms with E-state index in [2.05, 4.69) is 17.2 Å². The zero-order chi connectivity index (χ0) is 9.97. The molecule has 0 amide bonds. The highest BCUT2D eigenvalue weighted by molar-refractivity contribution is 5.25. The lowest BCUT2D eigenvalue weighted by Gasteiger charge is -2.11. The standard InChI is InChI=1S/C11H19N3/c1-9-3-4-10(7-9)8-13-11-12-5-6-14(11)2/h5-6,9-10H,3-4,7-8H2,1-2H3,(H,12,13). The summed E-state index contributed by atoms with van der Waals surface area (Å²) in [4.78, 5) is 4.25. The topological polar surface area (TPSA) is 29.9 Å². The van der Waals surface area contributed by atoms with E-state index in [4.69, 9.17) is 0 Å². The molecule has 1 aromatic rings. The van der Waals surface area contributed by atoms with E-state index in [0.29, 0.717) is 0 Å². The van der Waals surface area contributed by atoms with E-state index in [-0.39, 0.29) is 0 Å². The third-order valence-electron chi connectivity index (χ3n) is 3.17. The van der Waals surface area contributed by atoms with Gasteiger partial charge in [0.1, 0.15) is 0 Å². The van der Waals surface area contributed by atoms with Crippen LogP contribution in [0.1, 0.15) is 26.2 Å². The molecule has 2 atom stereocenters. The van der Waals surface area contributed by atoms with Gasteiger partial charge in [0, 0.05) is 26.0 Å². The molecule has 1 saturated carbocycles. The number of nitrogens with zero attached hydrogens (tertiary/aromatic N) is 2. The van der Waals surface area contributed by atoms with Crippen LogP contribution in [0, 0.1) is 11.8 Å². The molecule has 0 aliphatic heterocycles. The van der Waals surface area contributed by atoms with Crippen LogP contribution in [0.5, 0.6) is 0 Å². The van der Waals surface area contributed by atoms with E-state index in [1.165, 1.54) is 19.3 Å². The van der Waals surface area contributed by atoms with Crippen molar-refractivity contribution in [3.63, 3.8) is 0 Å². The van der Waals surface area contributed by atoms with Gasteiger partial charge in [-0.2, -0.15) is 0 Å². The Hall–Kier alpha value is -0.990. The average Bonchev–Trinajstić information content (AvgIpc) is 2.72. The van der Waals surface area contributed by atoms with Crippen molar-refractivity contribution in [2.75, 3.05) is 11.9 Å². The van der Waals surface area contributed by atoms with Crippen LogP contribution >= 0.6 is 0 Å². The van der Waals surface area contributed by atoms with Crippen molar-refractivity contribution in [2.24, 2.45) is 18.9 Å². The minimum absolute atomic E-state index is 0.849. The summed E-state index contributed by atoms with van der Waals surface area (Å²) in [6.07, 6.45) is 7.95. The Morgan fingerprint density at radius 1 is 1.57 bits per heavy atom. The summed E-state index contributed by atoms with van der Waals surface area (Å²) in [6.45, 7) is 3.43. The second-order valence-corrected chi connectivity index (χ2v) is 4.53. The number of hydrogen-bond donors (Lipinski definition) is 1. The lowest BCUT2D eigenvalue weighted by molar-refractivity contribution is 0.535. The SMILES string of the molecule is CC1CCC(CNc2nccn2C)C1. The number of nitrogens with one attached hydrogen (secondary N) is 1. The molecule has 14 heavy (non-hydrogen) atoms. The van der Waals surface area contributed by atoms with Gasteiger partial charge in [0.25, 0.3) is 0 Å². The molecule has 3 nitrogen and oxygen atoms in total. The van der Waals surface area contributed by atoms with Gasteiger partial charge in [0.2, 0.25) is 5.95 Å². The monoisotopic (exact) mass is 193 g/mol. The van der Waals surface area contributed by atoms with Crippen molar-refractivity contribution < 1.29 is 0 Å². The summed E-state index contributed by atoms with van der Waals surface area (Å²) in [5.74, 6) is 2.76. The van der Waals surface area contributed by atoms with Crippen molar-refractivity contribution in [3.8, 4) is 0 Å². The van der Waals surface area contributed by atoms with Gasteiger partial charge in [-0.25, -0.2) is 4.98 Å². The summed E-state index contributed by atoms with van der Waals surface area (Å²) < 4.78 is 2.03. The van der Waals surface area contributed by atoms with Crippen LogP contribution in [-0.4, -0.2) is 16.1 Å². The van der Waals surface area contributed by atoms with Gasteiger partial charge in [-0.15, -0.1) is 0 Å². The normalized spacial score (nSPS) is 26.7. The maximum Gasteiger partial charge on any atom is 0.202 e. The molecule has 1 aromatic heterocycles. The fourth-order valence-electron chi connectivity index (χ4n) is 2.28. The molecule has 1 heterocycles. The van der Waals surface area contributed by atoms with Crippen molar-refractivity contribution >= 4 is 5.95 Å². The molecule has 0 spiro atoms. The van der Waals surface area contributed by atoms with Crippen LogP contribution in [0.25, 0.3) is 0 Å². The van der Waals surface area contributed by atoms with Gasteiger partial charge >= 0.3 is 0 Å². The maximum atomic E-state index is 4.25. The number of anilines is 1. The second kappa shape index (κ2) is 4.03. The first kappa shape index (κ1) is 9.56. The van der Waals surface area contributed by atoms with E-state index in [9.17, 15) is 0 Å². The van der Waals surface area contributed by atoms with E-state index < -0.39 is 0 Å². The molecular weight excluding hydrogens is 174 g/mol. The molecule has 0 bridgehead atoms. The molecular formula is C11H19N3. The highest BCUT2D eigenvalue weighted by atomic mass is 15.2. The van der Waals surface area contributed by atoms with Gasteiger partial charge in [-0.05, 0) is 24.7 Å². The largest absolute Gasteiger partial charge is 0.355 e. The molecule has 2 rings (SSSR count). The Balaban J connectivity index is 1.80. The molecule has 78 valence electrons. The summed E-state index contributed by atoms with van der Waals surface area (Å²) in [6, 6.07) is 0. The number of aryl methyl sites for hydroxylation is 1. The van der Waals surface area contributed by atoms with Crippen molar-refractivity contribution in [1.29, 1.82) is 0 Å². The van der Waals surface area contributed by atoms with Gasteiger partial charge in [0.05, 0.1) is 0 Å². The predicted molar refractivity (Wildman–Crippen MR) is 58.2 cm³/mol. The molecule has 1 aliphatic rings. The molecule has 0 saturated heterocycles. The molecule has 1 fully saturated rings. The first-order chi connectivity index (χ1) is 6.75.